The van der Waals surface area contributed by atoms with E-state index in [-0.39, 0.29) is 63.6 Å². The topological polar surface area (TPSA) is 40.9 Å². The maximum absolute atomic E-state index is 11.2. The van der Waals surface area contributed by atoms with E-state index in [1.54, 1.807) is 24.3 Å². The van der Waals surface area contributed by atoms with E-state index >= 15 is 0 Å². The van der Waals surface area contributed by atoms with Gasteiger partial charge in [-0.05, 0) is 0 Å². The summed E-state index contributed by atoms with van der Waals surface area (Å²) < 4.78 is 0. The first kappa shape index (κ1) is 13.0. The van der Waals surface area contributed by atoms with E-state index < -0.39 is 0 Å². The van der Waals surface area contributed by atoms with E-state index in [9.17, 15) is 4.79 Å². The predicted molar refractivity (Wildman–Crippen MR) is 44.5 cm³/mol. The van der Waals surface area contributed by atoms with E-state index in [4.69, 9.17) is 5.26 Å². The van der Waals surface area contributed by atoms with Crippen LogP contribution < -0.4 is 51.4 Å². The fourth-order valence-electron chi connectivity index (χ4n) is 0.881. The third kappa shape index (κ3) is 4.70. The van der Waals surface area contributed by atoms with Gasteiger partial charge in [0.25, 0.3) is 0 Å². The Balaban J connectivity index is 0.00000144. The molecule has 0 bridgehead atoms. The van der Waals surface area contributed by atoms with Crippen LogP contribution >= 0.6 is 0 Å². The van der Waals surface area contributed by atoms with Crippen molar-refractivity contribution in [1.29, 1.82) is 5.26 Å². The van der Waals surface area contributed by atoms with Gasteiger partial charge in [0.05, 0.1) is 6.07 Å². The third-order valence-electron chi connectivity index (χ3n) is 1.49. The van der Waals surface area contributed by atoms with Crippen molar-refractivity contribution in [3.63, 3.8) is 0 Å². The molecule has 2 nitrogen and oxygen atoms in total. The summed E-state index contributed by atoms with van der Waals surface area (Å²) in [5, 5.41) is 8.25. The van der Waals surface area contributed by atoms with Gasteiger partial charge in [0, 0.05) is 12.8 Å². The molecular formula is C10H8KNO. The molecule has 0 atom stereocenters. The molecule has 0 aromatic heterocycles. The molecule has 0 N–H and O–H groups in total. The minimum atomic E-state index is 0. The van der Waals surface area contributed by atoms with Crippen LogP contribution in [0.5, 0.6) is 0 Å². The van der Waals surface area contributed by atoms with E-state index in [0.29, 0.717) is 12.0 Å². The number of ketones is 1. The molecule has 1 rings (SSSR count). The molecule has 0 aliphatic heterocycles. The second-order valence-corrected chi connectivity index (χ2v) is 2.37. The molecule has 0 spiro atoms. The van der Waals surface area contributed by atoms with Gasteiger partial charge in [0.2, 0.25) is 0 Å². The predicted octanol–water partition coefficient (Wildman–Crippen LogP) is -1.02. The van der Waals surface area contributed by atoms with Gasteiger partial charge in [-0.3, -0.25) is 0 Å². The average Bonchev–Trinajstić information content (AvgIpc) is 2.15. The number of hydrogen-bond acceptors (Lipinski definition) is 2. The first-order valence-corrected chi connectivity index (χ1v) is 3.71. The maximum atomic E-state index is 11.2. The van der Waals surface area contributed by atoms with Gasteiger partial charge in [0.15, 0.2) is 0 Å². The number of benzene rings is 1. The van der Waals surface area contributed by atoms with Crippen molar-refractivity contribution in [2.24, 2.45) is 0 Å². The Hall–Kier alpha value is 0.0164. The summed E-state index contributed by atoms with van der Waals surface area (Å²) in [5.74, 6) is 0.00778. The van der Waals surface area contributed by atoms with E-state index in [2.05, 4.69) is 6.07 Å². The molecule has 0 saturated carbocycles. The van der Waals surface area contributed by atoms with Crippen LogP contribution in [0.15, 0.2) is 24.3 Å². The molecular weight excluding hydrogens is 189 g/mol. The first-order chi connectivity index (χ1) is 5.84. The van der Waals surface area contributed by atoms with Crippen molar-refractivity contribution in [2.75, 3.05) is 0 Å². The number of hydrogen-bond donors (Lipinski definition) is 0. The molecule has 0 unspecified atom stereocenters. The Morgan fingerprint density at radius 2 is 2.38 bits per heavy atom. The molecule has 0 amide bonds. The van der Waals surface area contributed by atoms with Crippen LogP contribution in [0, 0.1) is 17.4 Å². The Labute approximate surface area is 120 Å². The van der Waals surface area contributed by atoms with E-state index in [1.807, 2.05) is 6.07 Å². The van der Waals surface area contributed by atoms with Gasteiger partial charge >= 0.3 is 51.4 Å². The molecule has 60 valence electrons. The maximum Gasteiger partial charge on any atom is 1.00 e. The van der Waals surface area contributed by atoms with Crippen LogP contribution in [-0.4, -0.2) is 5.78 Å². The zero-order valence-corrected chi connectivity index (χ0v) is 10.7. The molecule has 1 aromatic rings. The van der Waals surface area contributed by atoms with Crippen LogP contribution in [-0.2, 0) is 0 Å². The number of rotatable bonds is 3. The van der Waals surface area contributed by atoms with Gasteiger partial charge in [-0.25, -0.2) is 0 Å². The number of carbonyl (C=O) groups is 1. The first-order valence-electron chi connectivity index (χ1n) is 3.71. The van der Waals surface area contributed by atoms with Crippen LogP contribution in [0.25, 0.3) is 0 Å². The summed E-state index contributed by atoms with van der Waals surface area (Å²) in [6, 6.07) is 11.6. The number of Topliss-reactive ketones (excluding diaryl/α,β-unsaturated/α-hetero) is 1. The van der Waals surface area contributed by atoms with Crippen molar-refractivity contribution in [1.82, 2.24) is 0 Å². The SMILES string of the molecule is N#CCCC(=O)c1c[c-]ccc1.[K+]. The second kappa shape index (κ2) is 7.42. The molecule has 0 fully saturated rings. The van der Waals surface area contributed by atoms with Crippen molar-refractivity contribution < 1.29 is 56.2 Å². The molecule has 13 heavy (non-hydrogen) atoms. The van der Waals surface area contributed by atoms with Crippen molar-refractivity contribution >= 4 is 5.78 Å². The quantitative estimate of drug-likeness (QED) is 0.353. The van der Waals surface area contributed by atoms with Gasteiger partial charge in [0.1, 0.15) is 5.78 Å². The van der Waals surface area contributed by atoms with Crippen molar-refractivity contribution in [2.45, 2.75) is 12.8 Å². The van der Waals surface area contributed by atoms with Gasteiger partial charge < -0.3 is 4.79 Å². The molecule has 0 aliphatic carbocycles. The zero-order chi connectivity index (χ0) is 8.81. The summed E-state index contributed by atoms with van der Waals surface area (Å²) >= 11 is 0. The fraction of sp³-hybridized carbons (Fsp3) is 0.200. The van der Waals surface area contributed by atoms with Crippen LogP contribution in [0.4, 0.5) is 0 Å². The monoisotopic (exact) mass is 197 g/mol. The van der Waals surface area contributed by atoms with E-state index in [1.165, 1.54) is 0 Å². The number of carbonyl (C=O) groups excluding carboxylic acids is 1. The van der Waals surface area contributed by atoms with Gasteiger partial charge in [-0.1, -0.05) is 5.56 Å². The summed E-state index contributed by atoms with van der Waals surface area (Å²) in [7, 11) is 0. The number of nitrogens with zero attached hydrogens (tertiary/aromatic N) is 1. The van der Waals surface area contributed by atoms with Gasteiger partial charge in [-0.2, -0.15) is 35.6 Å². The summed E-state index contributed by atoms with van der Waals surface area (Å²) in [5.41, 5.74) is 0.632. The van der Waals surface area contributed by atoms with Crippen LogP contribution in [0.2, 0.25) is 0 Å². The average molecular weight is 197 g/mol. The van der Waals surface area contributed by atoms with Crippen molar-refractivity contribution in [3.8, 4) is 6.07 Å². The third-order valence-corrected chi connectivity index (χ3v) is 1.49. The Morgan fingerprint density at radius 3 is 2.92 bits per heavy atom. The summed E-state index contributed by atoms with van der Waals surface area (Å²) in [6.45, 7) is 0. The number of nitriles is 1. The Bertz CT molecular complexity index is 302. The Kier molecular flexibility index (Phi) is 7.43. The zero-order valence-electron chi connectivity index (χ0n) is 7.58. The largest absolute Gasteiger partial charge is 1.00 e. The molecule has 0 radical (unpaired) electrons. The molecule has 3 heteroatoms. The molecule has 1 aromatic carbocycles. The molecule has 0 saturated heterocycles. The molecule has 0 heterocycles. The van der Waals surface area contributed by atoms with Crippen molar-refractivity contribution in [3.05, 3.63) is 35.9 Å². The Morgan fingerprint density at radius 1 is 1.62 bits per heavy atom. The smallest absolute Gasteiger partial charge is 0.309 e. The molecule has 0 aliphatic rings. The fourth-order valence-corrected chi connectivity index (χ4v) is 0.881. The van der Waals surface area contributed by atoms with Crippen LogP contribution in [0.1, 0.15) is 23.2 Å². The van der Waals surface area contributed by atoms with E-state index in [0.717, 1.165) is 0 Å². The minimum Gasteiger partial charge on any atom is -0.309 e. The van der Waals surface area contributed by atoms with Gasteiger partial charge in [-0.15, -0.1) is 0 Å². The minimum absolute atomic E-state index is 0. The normalized spacial score (nSPS) is 8.23. The standard InChI is InChI=1S/C10H8NO.K/c11-8-4-7-10(12)9-5-2-1-3-6-9;/h1-2,5-6H,4,7H2;/q-1;+1. The summed E-state index contributed by atoms with van der Waals surface area (Å²) in [4.78, 5) is 11.2. The second-order valence-electron chi connectivity index (χ2n) is 2.37. The van der Waals surface area contributed by atoms with Crippen LogP contribution in [0.3, 0.4) is 0 Å². The summed E-state index contributed by atoms with van der Waals surface area (Å²) in [6.07, 6.45) is 0.585.